The molecule has 222 valence electrons. The first-order valence-electron chi connectivity index (χ1n) is 15.3. The largest absolute Gasteiger partial charge is 0.369 e. The predicted octanol–water partition coefficient (Wildman–Crippen LogP) is 4.52. The molecule has 0 aliphatic carbocycles. The summed E-state index contributed by atoms with van der Waals surface area (Å²) in [5, 5.41) is 1.13. The Labute approximate surface area is 247 Å². The average Bonchev–Trinajstić information content (AvgIpc) is 3.77. The van der Waals surface area contributed by atoms with Crippen molar-refractivity contribution in [3.05, 3.63) is 46.5 Å². The van der Waals surface area contributed by atoms with E-state index in [9.17, 15) is 13.2 Å². The van der Waals surface area contributed by atoms with Crippen molar-refractivity contribution in [1.29, 1.82) is 0 Å². The molecule has 5 heterocycles. The van der Waals surface area contributed by atoms with Gasteiger partial charge in [0.15, 0.2) is 0 Å². The lowest BCUT2D eigenvalue weighted by Crippen LogP contribution is -2.39. The Balaban J connectivity index is 1.18. The average molecular weight is 598 g/mol. The van der Waals surface area contributed by atoms with Crippen LogP contribution in [0, 0.1) is 0 Å². The number of piperidine rings is 1. The number of primary amides is 1. The predicted molar refractivity (Wildman–Crippen MR) is 167 cm³/mol. The van der Waals surface area contributed by atoms with Gasteiger partial charge in [-0.3, -0.25) is 9.69 Å². The minimum Gasteiger partial charge on any atom is -0.369 e. The molecule has 0 atom stereocenters. The Bertz CT molecular complexity index is 1460. The van der Waals surface area contributed by atoms with E-state index in [2.05, 4.69) is 45.2 Å². The first-order valence-corrected chi connectivity index (χ1v) is 17.7. The lowest BCUT2D eigenvalue weighted by Gasteiger charge is -2.31. The second kappa shape index (κ2) is 12.6. The van der Waals surface area contributed by atoms with Crippen LogP contribution in [0.2, 0.25) is 0 Å². The Kier molecular flexibility index (Phi) is 8.83. The molecule has 1 amide bonds. The highest BCUT2D eigenvalue weighted by molar-refractivity contribution is 7.89. The number of rotatable bonds is 11. The fourth-order valence-electron chi connectivity index (χ4n) is 6.97. The van der Waals surface area contributed by atoms with Crippen molar-refractivity contribution in [3.8, 4) is 10.4 Å². The highest BCUT2D eigenvalue weighted by Crippen LogP contribution is 2.39. The Morgan fingerprint density at radius 3 is 2.39 bits per heavy atom. The molecule has 0 spiro atoms. The van der Waals surface area contributed by atoms with Gasteiger partial charge in [0.25, 0.3) is 0 Å². The number of aromatic amines is 1. The van der Waals surface area contributed by atoms with Crippen LogP contribution < -0.4 is 5.73 Å². The van der Waals surface area contributed by atoms with Gasteiger partial charge in [0.2, 0.25) is 15.9 Å². The number of thiophene rings is 1. The molecule has 0 unspecified atom stereocenters. The van der Waals surface area contributed by atoms with Gasteiger partial charge in [0, 0.05) is 46.5 Å². The van der Waals surface area contributed by atoms with Gasteiger partial charge >= 0.3 is 0 Å². The molecule has 3 saturated heterocycles. The normalized spacial score (nSPS) is 20.0. The smallest absolute Gasteiger partial charge is 0.221 e. The number of hydrogen-bond donors (Lipinski definition) is 2. The highest BCUT2D eigenvalue weighted by Gasteiger charge is 2.30. The summed E-state index contributed by atoms with van der Waals surface area (Å²) in [5.41, 5.74) is 9.87. The quantitative estimate of drug-likeness (QED) is 0.339. The maximum absolute atomic E-state index is 13.1. The van der Waals surface area contributed by atoms with E-state index in [1.54, 1.807) is 4.31 Å². The van der Waals surface area contributed by atoms with Crippen LogP contribution in [-0.4, -0.2) is 85.0 Å². The molecular weight excluding hydrogens is 555 g/mol. The van der Waals surface area contributed by atoms with Crippen molar-refractivity contribution in [2.75, 3.05) is 51.6 Å². The maximum atomic E-state index is 13.1. The summed E-state index contributed by atoms with van der Waals surface area (Å²) in [6.45, 7) is 7.54. The maximum Gasteiger partial charge on any atom is 0.221 e. The summed E-state index contributed by atoms with van der Waals surface area (Å²) < 4.78 is 27.9. The van der Waals surface area contributed by atoms with E-state index in [1.807, 2.05) is 11.3 Å². The summed E-state index contributed by atoms with van der Waals surface area (Å²) in [6, 6.07) is 8.79. The van der Waals surface area contributed by atoms with E-state index in [1.165, 1.54) is 54.1 Å². The summed E-state index contributed by atoms with van der Waals surface area (Å²) in [7, 11) is -3.23. The summed E-state index contributed by atoms with van der Waals surface area (Å²) in [6.07, 6.45) is 9.58. The lowest BCUT2D eigenvalue weighted by atomic mass is 9.89. The number of likely N-dealkylation sites (tertiary alicyclic amines) is 2. The van der Waals surface area contributed by atoms with Gasteiger partial charge in [0.05, 0.1) is 12.2 Å². The zero-order valence-electron chi connectivity index (χ0n) is 23.9. The van der Waals surface area contributed by atoms with Crippen molar-refractivity contribution in [1.82, 2.24) is 19.1 Å². The van der Waals surface area contributed by atoms with Crippen molar-refractivity contribution >= 4 is 38.2 Å². The van der Waals surface area contributed by atoms with Gasteiger partial charge in [0.1, 0.15) is 0 Å². The number of nitrogens with one attached hydrogen (secondary N) is 1. The minimum absolute atomic E-state index is 0.185. The van der Waals surface area contributed by atoms with E-state index < -0.39 is 10.0 Å². The van der Waals surface area contributed by atoms with E-state index in [0.29, 0.717) is 19.5 Å². The van der Waals surface area contributed by atoms with Crippen LogP contribution in [0.1, 0.15) is 66.9 Å². The van der Waals surface area contributed by atoms with E-state index in [4.69, 9.17) is 5.73 Å². The number of aromatic nitrogens is 1. The van der Waals surface area contributed by atoms with Gasteiger partial charge in [-0.25, -0.2) is 12.7 Å². The molecule has 3 aromatic rings. The van der Waals surface area contributed by atoms with Crippen LogP contribution in [0.3, 0.4) is 0 Å². The first-order chi connectivity index (χ1) is 19.9. The number of sulfonamides is 1. The molecule has 10 heteroatoms. The molecule has 0 saturated carbocycles. The van der Waals surface area contributed by atoms with E-state index in [0.717, 1.165) is 61.1 Å². The zero-order valence-corrected chi connectivity index (χ0v) is 25.6. The first kappa shape index (κ1) is 28.9. The number of nitrogens with two attached hydrogens (primary N) is 1. The van der Waals surface area contributed by atoms with Crippen molar-refractivity contribution in [2.24, 2.45) is 5.73 Å². The number of H-pyrrole nitrogens is 1. The van der Waals surface area contributed by atoms with Gasteiger partial charge in [-0.1, -0.05) is 0 Å². The second-order valence-electron chi connectivity index (χ2n) is 12.1. The molecule has 3 aliphatic rings. The fraction of sp³-hybridized carbons (Fsp3) is 0.581. The monoisotopic (exact) mass is 597 g/mol. The highest BCUT2D eigenvalue weighted by atomic mass is 32.2. The number of fused-ring (bicyclic) bond motifs is 1. The summed E-state index contributed by atoms with van der Waals surface area (Å²) in [5.74, 6) is 0.163. The Morgan fingerprint density at radius 1 is 0.976 bits per heavy atom. The topological polar surface area (TPSA) is 103 Å². The lowest BCUT2D eigenvalue weighted by molar-refractivity contribution is -0.117. The number of nitrogens with zero attached hydrogens (tertiary/aromatic N) is 3. The second-order valence-corrected chi connectivity index (χ2v) is 15.3. The van der Waals surface area contributed by atoms with Crippen LogP contribution in [-0.2, 0) is 27.8 Å². The molecule has 3 N–H and O–H groups in total. The van der Waals surface area contributed by atoms with Gasteiger partial charge in [-0.05, 0) is 125 Å². The molecule has 2 aromatic heterocycles. The van der Waals surface area contributed by atoms with Crippen LogP contribution >= 0.6 is 11.3 Å². The number of carbonyl (C=O) groups is 1. The van der Waals surface area contributed by atoms with Gasteiger partial charge in [-0.2, -0.15) is 0 Å². The fourth-order valence-corrected chi connectivity index (χ4v) is 9.52. The molecule has 3 aliphatic heterocycles. The van der Waals surface area contributed by atoms with E-state index in [-0.39, 0.29) is 24.0 Å². The Hall–Kier alpha value is -2.24. The van der Waals surface area contributed by atoms with Crippen LogP contribution in [0.25, 0.3) is 21.3 Å². The molecule has 6 rings (SSSR count). The SMILES string of the molecule is NC(=O)Cc1cc(-c2ccc(CN3CCCC3)s2)cc2c(C3CCN(S(=O)(=O)CCCN4CCCC4)CC3)c[nH]c12. The third kappa shape index (κ3) is 6.72. The van der Waals surface area contributed by atoms with Crippen molar-refractivity contribution in [3.63, 3.8) is 0 Å². The Morgan fingerprint density at radius 2 is 1.68 bits per heavy atom. The van der Waals surface area contributed by atoms with E-state index >= 15 is 0 Å². The zero-order chi connectivity index (χ0) is 28.4. The molecule has 8 nitrogen and oxygen atoms in total. The van der Waals surface area contributed by atoms with Crippen molar-refractivity contribution in [2.45, 2.75) is 63.8 Å². The van der Waals surface area contributed by atoms with Crippen LogP contribution in [0.5, 0.6) is 0 Å². The minimum atomic E-state index is -3.23. The third-order valence-electron chi connectivity index (χ3n) is 9.15. The van der Waals surface area contributed by atoms with Gasteiger partial charge in [-0.15, -0.1) is 11.3 Å². The summed E-state index contributed by atoms with van der Waals surface area (Å²) >= 11 is 1.83. The standard InChI is InChI=1S/C31H43N5O3S2/c32-30(37)20-25-18-24(29-7-6-26(40-29)22-35-12-3-4-13-35)19-27-28(21-33-31(25)27)23-8-15-36(16-9-23)41(38,39)17-5-14-34-10-1-2-11-34/h6-7,18-19,21,23,33H,1-5,8-17,20,22H2,(H2,32,37). The number of amides is 1. The van der Waals surface area contributed by atoms with Crippen molar-refractivity contribution < 1.29 is 13.2 Å². The number of carbonyl (C=O) groups excluding carboxylic acids is 1. The molecule has 0 bridgehead atoms. The summed E-state index contributed by atoms with van der Waals surface area (Å²) in [4.78, 5) is 22.9. The molecular formula is C31H43N5O3S2. The third-order valence-corrected chi connectivity index (χ3v) is 12.2. The van der Waals surface area contributed by atoms with Crippen LogP contribution in [0.15, 0.2) is 30.5 Å². The number of hydrogen-bond acceptors (Lipinski definition) is 6. The van der Waals surface area contributed by atoms with Crippen LogP contribution in [0.4, 0.5) is 0 Å². The molecule has 3 fully saturated rings. The molecule has 1 aromatic carbocycles. The molecule has 0 radical (unpaired) electrons. The number of benzene rings is 1. The molecule has 41 heavy (non-hydrogen) atoms. The van der Waals surface area contributed by atoms with Gasteiger partial charge < -0.3 is 15.6 Å².